The van der Waals surface area contributed by atoms with Crippen LogP contribution in [-0.2, 0) is 4.79 Å². The molecule has 6 heteroatoms. The van der Waals surface area contributed by atoms with Gasteiger partial charge in [-0.1, -0.05) is 44.4 Å². The highest BCUT2D eigenvalue weighted by Gasteiger charge is 2.35. The Labute approximate surface area is 182 Å². The summed E-state index contributed by atoms with van der Waals surface area (Å²) in [6, 6.07) is 13.5. The van der Waals surface area contributed by atoms with Crippen molar-refractivity contribution in [3.8, 4) is 6.07 Å². The molecular formula is C24H27N3O2S. The second-order valence-electron chi connectivity index (χ2n) is 7.24. The zero-order chi connectivity index (χ0) is 21.3. The molecule has 30 heavy (non-hydrogen) atoms. The van der Waals surface area contributed by atoms with Crippen molar-refractivity contribution in [2.24, 2.45) is 0 Å². The molecule has 0 fully saturated rings. The first-order chi connectivity index (χ1) is 14.7. The van der Waals surface area contributed by atoms with Crippen molar-refractivity contribution in [1.82, 2.24) is 5.32 Å². The summed E-state index contributed by atoms with van der Waals surface area (Å²) < 4.78 is 5.29. The molecule has 1 aromatic heterocycles. The van der Waals surface area contributed by atoms with Gasteiger partial charge in [-0.05, 0) is 37.3 Å². The molecule has 0 bridgehead atoms. The molecule has 1 aliphatic rings. The number of unbranched alkanes of at least 4 members (excludes halogenated alkanes) is 3. The van der Waals surface area contributed by atoms with Crippen LogP contribution in [0.3, 0.4) is 0 Å². The topological polar surface area (TPSA) is 78.1 Å². The number of anilines is 1. The van der Waals surface area contributed by atoms with Crippen LogP contribution in [0.1, 0.15) is 51.0 Å². The number of carbonyl (C=O) groups excluding carboxylic acids is 1. The SMILES string of the molecule is CCCCCCSC1=C(C#N)[C@@H](c2ccoc2)C(C(=O)Nc2ccccc2)=C(C)N1. The van der Waals surface area contributed by atoms with Gasteiger partial charge in [0.05, 0.1) is 35.1 Å². The number of nitriles is 1. The molecule has 0 radical (unpaired) electrons. The van der Waals surface area contributed by atoms with Crippen LogP contribution in [0.25, 0.3) is 0 Å². The largest absolute Gasteiger partial charge is 0.472 e. The monoisotopic (exact) mass is 421 g/mol. The summed E-state index contributed by atoms with van der Waals surface area (Å²) in [7, 11) is 0. The van der Waals surface area contributed by atoms with Crippen molar-refractivity contribution in [2.75, 3.05) is 11.1 Å². The van der Waals surface area contributed by atoms with Crippen molar-refractivity contribution in [1.29, 1.82) is 5.26 Å². The Hall–Kier alpha value is -2.91. The number of benzene rings is 1. The molecule has 5 nitrogen and oxygen atoms in total. The normalized spacial score (nSPS) is 16.2. The van der Waals surface area contributed by atoms with Gasteiger partial charge >= 0.3 is 0 Å². The van der Waals surface area contributed by atoms with Crippen LogP contribution in [0.2, 0.25) is 0 Å². The quantitative estimate of drug-likeness (QED) is 0.491. The standard InChI is InChI=1S/C24H27N3O2S/c1-3-4-5-9-14-30-24-20(15-25)22(18-12-13-29-16-18)21(17(2)26-24)23(28)27-19-10-7-6-8-11-19/h6-8,10-13,16,22,26H,3-5,9,14H2,1-2H3,(H,27,28)/t22-/m1/s1. The molecule has 2 N–H and O–H groups in total. The zero-order valence-electron chi connectivity index (χ0n) is 17.4. The molecule has 0 aliphatic carbocycles. The molecule has 0 spiro atoms. The Morgan fingerprint density at radius 1 is 1.23 bits per heavy atom. The number of para-hydroxylation sites is 1. The molecule has 1 atom stereocenters. The molecule has 0 saturated heterocycles. The molecule has 2 heterocycles. The van der Waals surface area contributed by atoms with Crippen LogP contribution < -0.4 is 10.6 Å². The van der Waals surface area contributed by atoms with E-state index >= 15 is 0 Å². The lowest BCUT2D eigenvalue weighted by atomic mass is 9.83. The third-order valence-electron chi connectivity index (χ3n) is 5.04. The highest BCUT2D eigenvalue weighted by molar-refractivity contribution is 8.03. The number of hydrogen-bond acceptors (Lipinski definition) is 5. The fourth-order valence-electron chi connectivity index (χ4n) is 3.52. The van der Waals surface area contributed by atoms with Gasteiger partial charge in [-0.3, -0.25) is 4.79 Å². The summed E-state index contributed by atoms with van der Waals surface area (Å²) in [5.41, 5.74) is 3.36. The highest BCUT2D eigenvalue weighted by atomic mass is 32.2. The van der Waals surface area contributed by atoms with Crippen molar-refractivity contribution in [3.05, 3.63) is 76.4 Å². The van der Waals surface area contributed by atoms with E-state index in [-0.39, 0.29) is 5.91 Å². The van der Waals surface area contributed by atoms with Crippen molar-refractivity contribution in [3.63, 3.8) is 0 Å². The number of hydrogen-bond donors (Lipinski definition) is 2. The van der Waals surface area contributed by atoms with E-state index in [4.69, 9.17) is 4.42 Å². The first-order valence-corrected chi connectivity index (χ1v) is 11.3. The van der Waals surface area contributed by atoms with E-state index in [0.717, 1.165) is 28.5 Å². The Kier molecular flexibility index (Phi) is 7.81. The van der Waals surface area contributed by atoms with E-state index in [0.29, 0.717) is 16.8 Å². The van der Waals surface area contributed by atoms with E-state index in [9.17, 15) is 10.1 Å². The third-order valence-corrected chi connectivity index (χ3v) is 6.15. The number of thioether (sulfide) groups is 1. The maximum atomic E-state index is 13.2. The van der Waals surface area contributed by atoms with Crippen LogP contribution in [-0.4, -0.2) is 11.7 Å². The van der Waals surface area contributed by atoms with Gasteiger partial charge in [-0.2, -0.15) is 5.26 Å². The summed E-state index contributed by atoms with van der Waals surface area (Å²) in [5.74, 6) is 0.249. The highest BCUT2D eigenvalue weighted by Crippen LogP contribution is 2.41. The lowest BCUT2D eigenvalue weighted by molar-refractivity contribution is -0.113. The van der Waals surface area contributed by atoms with Gasteiger partial charge in [0, 0.05) is 22.5 Å². The Morgan fingerprint density at radius 2 is 2.03 bits per heavy atom. The van der Waals surface area contributed by atoms with Gasteiger partial charge < -0.3 is 15.1 Å². The van der Waals surface area contributed by atoms with E-state index in [1.54, 1.807) is 24.3 Å². The smallest absolute Gasteiger partial charge is 0.254 e. The first-order valence-electron chi connectivity index (χ1n) is 10.3. The number of dihydropyridines is 1. The fourth-order valence-corrected chi connectivity index (χ4v) is 4.62. The summed E-state index contributed by atoms with van der Waals surface area (Å²) in [4.78, 5) is 13.2. The Bertz CT molecular complexity index is 956. The number of allylic oxidation sites excluding steroid dienone is 2. The number of furan rings is 1. The van der Waals surface area contributed by atoms with Gasteiger partial charge in [0.1, 0.15) is 0 Å². The minimum absolute atomic E-state index is 0.225. The molecule has 1 aliphatic heterocycles. The van der Waals surface area contributed by atoms with Crippen LogP contribution >= 0.6 is 11.8 Å². The molecule has 1 amide bonds. The summed E-state index contributed by atoms with van der Waals surface area (Å²) in [6.45, 7) is 4.08. The molecule has 0 saturated carbocycles. The van der Waals surface area contributed by atoms with Gasteiger partial charge in [0.25, 0.3) is 5.91 Å². The summed E-state index contributed by atoms with van der Waals surface area (Å²) in [6.07, 6.45) is 7.88. The average Bonchev–Trinajstić information content (AvgIpc) is 3.28. The van der Waals surface area contributed by atoms with Crippen LogP contribution in [0.5, 0.6) is 0 Å². The lowest BCUT2D eigenvalue weighted by Gasteiger charge is -2.29. The predicted molar refractivity (Wildman–Crippen MR) is 122 cm³/mol. The second-order valence-corrected chi connectivity index (χ2v) is 8.34. The number of nitrogens with zero attached hydrogens (tertiary/aromatic N) is 1. The van der Waals surface area contributed by atoms with Gasteiger partial charge in [-0.15, -0.1) is 11.8 Å². The lowest BCUT2D eigenvalue weighted by Crippen LogP contribution is -2.30. The fraction of sp³-hybridized carbons (Fsp3) is 0.333. The number of rotatable bonds is 9. The number of nitrogens with one attached hydrogen (secondary N) is 2. The van der Waals surface area contributed by atoms with Gasteiger partial charge in [0.2, 0.25) is 0 Å². The molecule has 1 aromatic carbocycles. The zero-order valence-corrected chi connectivity index (χ0v) is 18.2. The third kappa shape index (κ3) is 5.17. The maximum absolute atomic E-state index is 13.2. The van der Waals surface area contributed by atoms with Crippen LogP contribution in [0.15, 0.2) is 75.2 Å². The maximum Gasteiger partial charge on any atom is 0.254 e. The second kappa shape index (κ2) is 10.7. The van der Waals surface area contributed by atoms with Gasteiger partial charge in [-0.25, -0.2) is 0 Å². The van der Waals surface area contributed by atoms with Crippen molar-refractivity contribution < 1.29 is 9.21 Å². The van der Waals surface area contributed by atoms with E-state index in [1.165, 1.54) is 19.3 Å². The summed E-state index contributed by atoms with van der Waals surface area (Å²) in [5, 5.41) is 17.1. The molecule has 156 valence electrons. The molecule has 0 unspecified atom stereocenters. The number of carbonyl (C=O) groups is 1. The van der Waals surface area contributed by atoms with Gasteiger partial charge in [0.15, 0.2) is 0 Å². The average molecular weight is 422 g/mol. The Balaban J connectivity index is 1.88. The minimum Gasteiger partial charge on any atom is -0.472 e. The van der Waals surface area contributed by atoms with Crippen LogP contribution in [0, 0.1) is 11.3 Å². The summed E-state index contributed by atoms with van der Waals surface area (Å²) >= 11 is 1.65. The van der Waals surface area contributed by atoms with Crippen molar-refractivity contribution in [2.45, 2.75) is 45.4 Å². The van der Waals surface area contributed by atoms with E-state index < -0.39 is 5.92 Å². The van der Waals surface area contributed by atoms with E-state index in [2.05, 4.69) is 23.6 Å². The minimum atomic E-state index is -0.461. The predicted octanol–water partition coefficient (Wildman–Crippen LogP) is 5.93. The molecule has 3 rings (SSSR count). The Morgan fingerprint density at radius 3 is 2.70 bits per heavy atom. The van der Waals surface area contributed by atoms with Crippen LogP contribution in [0.4, 0.5) is 5.69 Å². The molecular weight excluding hydrogens is 394 g/mol. The van der Waals surface area contributed by atoms with E-state index in [1.807, 2.05) is 43.3 Å². The number of amides is 1. The molecule has 2 aromatic rings. The van der Waals surface area contributed by atoms with Crippen molar-refractivity contribution >= 4 is 23.4 Å². The first kappa shape index (κ1) is 21.8.